The summed E-state index contributed by atoms with van der Waals surface area (Å²) in [7, 11) is 0.315. The zero-order valence-corrected chi connectivity index (χ0v) is 15.0. The van der Waals surface area contributed by atoms with Crippen molar-refractivity contribution in [1.29, 1.82) is 0 Å². The Labute approximate surface area is 146 Å². The lowest BCUT2D eigenvalue weighted by molar-refractivity contribution is 0.00578. The molecular formula is C17H22BF2NO4. The van der Waals surface area contributed by atoms with E-state index in [1.165, 1.54) is 13.1 Å². The number of benzene rings is 1. The van der Waals surface area contributed by atoms with Gasteiger partial charge in [0.2, 0.25) is 0 Å². The number of amides is 1. The van der Waals surface area contributed by atoms with Crippen LogP contribution >= 0.6 is 0 Å². The SMILES string of the molecule is CNC(=O)OC1CCc2c1cc(F)c(B1OC(C)(C)C(C)(C)O1)c2F. The maximum atomic E-state index is 15.0. The van der Waals surface area contributed by atoms with Gasteiger partial charge in [0.25, 0.3) is 0 Å². The molecule has 1 aromatic carbocycles. The summed E-state index contributed by atoms with van der Waals surface area (Å²) < 4.78 is 46.5. The Morgan fingerprint density at radius 2 is 1.88 bits per heavy atom. The first kappa shape index (κ1) is 18.1. The molecular weight excluding hydrogens is 331 g/mol. The molecule has 5 nitrogen and oxygen atoms in total. The van der Waals surface area contributed by atoms with Gasteiger partial charge in [0.1, 0.15) is 17.7 Å². The highest BCUT2D eigenvalue weighted by atomic mass is 19.1. The Bertz CT molecular complexity index is 707. The molecule has 0 aromatic heterocycles. The first-order chi connectivity index (χ1) is 11.6. The van der Waals surface area contributed by atoms with Crippen LogP contribution in [-0.4, -0.2) is 31.5 Å². The van der Waals surface area contributed by atoms with E-state index in [-0.39, 0.29) is 5.46 Å². The third-order valence-corrected chi connectivity index (χ3v) is 5.34. The van der Waals surface area contributed by atoms with Gasteiger partial charge in [0, 0.05) is 12.6 Å². The van der Waals surface area contributed by atoms with Crippen LogP contribution in [0.25, 0.3) is 0 Å². The molecule has 1 amide bonds. The normalized spacial score (nSPS) is 23.5. The molecule has 8 heteroatoms. The molecule has 25 heavy (non-hydrogen) atoms. The van der Waals surface area contributed by atoms with E-state index >= 15 is 4.39 Å². The first-order valence-electron chi connectivity index (χ1n) is 8.32. The minimum Gasteiger partial charge on any atom is -0.441 e. The number of fused-ring (bicyclic) bond motifs is 1. The molecule has 1 saturated heterocycles. The van der Waals surface area contributed by atoms with Crippen LogP contribution in [0.2, 0.25) is 0 Å². The van der Waals surface area contributed by atoms with Crippen molar-refractivity contribution in [2.24, 2.45) is 0 Å². The summed E-state index contributed by atoms with van der Waals surface area (Å²) in [6, 6.07) is 1.22. The number of rotatable bonds is 2. The zero-order valence-electron chi connectivity index (χ0n) is 15.0. The average molecular weight is 353 g/mol. The largest absolute Gasteiger partial charge is 0.500 e. The maximum Gasteiger partial charge on any atom is 0.500 e. The summed E-state index contributed by atoms with van der Waals surface area (Å²) >= 11 is 0. The van der Waals surface area contributed by atoms with Gasteiger partial charge in [-0.15, -0.1) is 0 Å². The van der Waals surface area contributed by atoms with E-state index in [2.05, 4.69) is 5.32 Å². The molecule has 3 rings (SSSR count). The molecule has 1 fully saturated rings. The molecule has 1 aromatic rings. The van der Waals surface area contributed by atoms with Gasteiger partial charge in [0.05, 0.1) is 16.7 Å². The number of carbonyl (C=O) groups excluding carboxylic acids is 1. The van der Waals surface area contributed by atoms with Gasteiger partial charge in [0.15, 0.2) is 0 Å². The van der Waals surface area contributed by atoms with Crippen molar-refractivity contribution in [3.8, 4) is 0 Å². The Kier molecular flexibility index (Phi) is 4.32. The summed E-state index contributed by atoms with van der Waals surface area (Å²) in [5.41, 5.74) is -0.905. The lowest BCUT2D eigenvalue weighted by Crippen LogP contribution is -2.41. The fourth-order valence-corrected chi connectivity index (χ4v) is 3.16. The lowest BCUT2D eigenvalue weighted by atomic mass is 9.76. The van der Waals surface area contributed by atoms with Crippen molar-refractivity contribution in [1.82, 2.24) is 5.32 Å². The van der Waals surface area contributed by atoms with Crippen LogP contribution in [0.15, 0.2) is 6.07 Å². The molecule has 1 aliphatic heterocycles. The summed E-state index contributed by atoms with van der Waals surface area (Å²) in [4.78, 5) is 11.4. The molecule has 0 bridgehead atoms. The van der Waals surface area contributed by atoms with Crippen LogP contribution in [0, 0.1) is 11.6 Å². The standard InChI is InChI=1S/C17H22BF2NO4/c1-16(2)17(3,4)25-18(24-16)13-11(19)8-10-9(14(13)20)6-7-12(10)23-15(22)21-5/h8,12H,6-7H2,1-5H3,(H,21,22). The molecule has 0 radical (unpaired) electrons. The van der Waals surface area contributed by atoms with E-state index in [9.17, 15) is 9.18 Å². The van der Waals surface area contributed by atoms with Gasteiger partial charge in [-0.05, 0) is 52.2 Å². The summed E-state index contributed by atoms with van der Waals surface area (Å²) in [6.07, 6.45) is -0.526. The smallest absolute Gasteiger partial charge is 0.441 e. The second-order valence-corrected chi connectivity index (χ2v) is 7.42. The summed E-state index contributed by atoms with van der Waals surface area (Å²) in [5, 5.41) is 2.34. The summed E-state index contributed by atoms with van der Waals surface area (Å²) in [6.45, 7) is 7.29. The van der Waals surface area contributed by atoms with Crippen LogP contribution in [-0.2, 0) is 20.5 Å². The summed E-state index contributed by atoms with van der Waals surface area (Å²) in [5.74, 6) is -1.45. The number of hydrogen-bond acceptors (Lipinski definition) is 4. The predicted molar refractivity (Wildman–Crippen MR) is 88.7 cm³/mol. The van der Waals surface area contributed by atoms with Gasteiger partial charge in [-0.25, -0.2) is 13.6 Å². The highest BCUT2D eigenvalue weighted by Crippen LogP contribution is 2.39. The van der Waals surface area contributed by atoms with Crippen molar-refractivity contribution in [3.63, 3.8) is 0 Å². The molecule has 1 heterocycles. The fourth-order valence-electron chi connectivity index (χ4n) is 3.16. The van der Waals surface area contributed by atoms with E-state index in [1.54, 1.807) is 0 Å². The highest BCUT2D eigenvalue weighted by molar-refractivity contribution is 6.62. The molecule has 1 unspecified atom stereocenters. The third kappa shape index (κ3) is 2.91. The fraction of sp³-hybridized carbons (Fsp3) is 0.588. The Balaban J connectivity index is 1.96. The number of alkyl carbamates (subject to hydrolysis) is 1. The molecule has 0 saturated carbocycles. The number of carbonyl (C=O) groups is 1. The van der Waals surface area contributed by atoms with Crippen molar-refractivity contribution < 1.29 is 27.6 Å². The average Bonchev–Trinajstić information content (AvgIpc) is 2.97. The predicted octanol–water partition coefficient (Wildman–Crippen LogP) is 2.61. The van der Waals surface area contributed by atoms with Crippen molar-refractivity contribution >= 4 is 18.7 Å². The van der Waals surface area contributed by atoms with E-state index in [4.69, 9.17) is 14.0 Å². The number of hydrogen-bond donors (Lipinski definition) is 1. The number of ether oxygens (including phenoxy) is 1. The third-order valence-electron chi connectivity index (χ3n) is 5.34. The molecule has 136 valence electrons. The zero-order chi connectivity index (χ0) is 18.6. The van der Waals surface area contributed by atoms with E-state index in [0.717, 1.165) is 0 Å². The van der Waals surface area contributed by atoms with Gasteiger partial charge in [-0.3, -0.25) is 0 Å². The quantitative estimate of drug-likeness (QED) is 0.831. The molecule has 2 aliphatic rings. The van der Waals surface area contributed by atoms with Crippen molar-refractivity contribution in [2.45, 2.75) is 57.8 Å². The monoisotopic (exact) mass is 353 g/mol. The Morgan fingerprint density at radius 3 is 2.44 bits per heavy atom. The Morgan fingerprint density at radius 1 is 1.28 bits per heavy atom. The minimum atomic E-state index is -1.12. The van der Waals surface area contributed by atoms with Crippen LogP contribution in [0.4, 0.5) is 13.6 Å². The highest BCUT2D eigenvalue weighted by Gasteiger charge is 2.53. The van der Waals surface area contributed by atoms with Gasteiger partial charge < -0.3 is 19.4 Å². The molecule has 1 N–H and O–H groups in total. The number of nitrogens with one attached hydrogen (secondary N) is 1. The van der Waals surface area contributed by atoms with E-state index in [1.807, 2.05) is 27.7 Å². The van der Waals surface area contributed by atoms with Crippen LogP contribution in [0.1, 0.15) is 51.3 Å². The maximum absolute atomic E-state index is 15.0. The lowest BCUT2D eigenvalue weighted by Gasteiger charge is -2.32. The Hall–Kier alpha value is -1.67. The van der Waals surface area contributed by atoms with Crippen molar-refractivity contribution in [2.75, 3.05) is 7.05 Å². The van der Waals surface area contributed by atoms with Crippen molar-refractivity contribution in [3.05, 3.63) is 28.8 Å². The minimum absolute atomic E-state index is 0.224. The number of halogens is 2. The van der Waals surface area contributed by atoms with Crippen LogP contribution < -0.4 is 10.8 Å². The van der Waals surface area contributed by atoms with E-state index < -0.39 is 42.2 Å². The molecule has 0 spiro atoms. The molecule has 1 atom stereocenters. The van der Waals surface area contributed by atoms with Crippen LogP contribution in [0.3, 0.4) is 0 Å². The second-order valence-electron chi connectivity index (χ2n) is 7.42. The second kappa shape index (κ2) is 5.95. The van der Waals surface area contributed by atoms with Gasteiger partial charge in [-0.2, -0.15) is 0 Å². The van der Waals surface area contributed by atoms with Gasteiger partial charge in [-0.1, -0.05) is 0 Å². The topological polar surface area (TPSA) is 56.8 Å². The molecule has 1 aliphatic carbocycles. The van der Waals surface area contributed by atoms with Crippen LogP contribution in [0.5, 0.6) is 0 Å². The van der Waals surface area contributed by atoms with E-state index in [0.29, 0.717) is 24.0 Å². The first-order valence-corrected chi connectivity index (χ1v) is 8.32. The van der Waals surface area contributed by atoms with Gasteiger partial charge >= 0.3 is 13.2 Å².